The van der Waals surface area contributed by atoms with Gasteiger partial charge < -0.3 is 4.57 Å². The van der Waals surface area contributed by atoms with Gasteiger partial charge in [-0.1, -0.05) is 24.6 Å². The molecule has 0 aliphatic rings. The van der Waals surface area contributed by atoms with Crippen molar-refractivity contribution < 1.29 is 0 Å². The van der Waals surface area contributed by atoms with Crippen LogP contribution in [0.2, 0.25) is 0 Å². The average Bonchev–Trinajstić information content (AvgIpc) is 2.58. The van der Waals surface area contributed by atoms with Crippen molar-refractivity contribution >= 4 is 24.4 Å². The standard InChI is InChI=1S/C10H18N2S2/c1-12-7-6-11-10(12)14-9-5-3-2-4-8-13/h6-7,13H,2-5,8-9H2,1H3. The highest BCUT2D eigenvalue weighted by atomic mass is 32.2. The third-order valence-electron chi connectivity index (χ3n) is 2.06. The lowest BCUT2D eigenvalue weighted by atomic mass is 10.2. The summed E-state index contributed by atoms with van der Waals surface area (Å²) in [6, 6.07) is 0. The van der Waals surface area contributed by atoms with Crippen molar-refractivity contribution in [1.82, 2.24) is 9.55 Å². The van der Waals surface area contributed by atoms with Crippen molar-refractivity contribution in [2.45, 2.75) is 30.8 Å². The number of thiol groups is 1. The Morgan fingerprint density at radius 2 is 2.14 bits per heavy atom. The molecule has 0 bridgehead atoms. The normalized spacial score (nSPS) is 10.7. The molecule has 4 heteroatoms. The van der Waals surface area contributed by atoms with Gasteiger partial charge in [-0.05, 0) is 18.6 Å². The molecule has 1 aromatic rings. The number of unbranched alkanes of at least 4 members (excludes halogenated alkanes) is 3. The van der Waals surface area contributed by atoms with Gasteiger partial charge in [0.05, 0.1) is 0 Å². The Morgan fingerprint density at radius 1 is 1.36 bits per heavy atom. The largest absolute Gasteiger partial charge is 0.329 e. The molecule has 0 fully saturated rings. The summed E-state index contributed by atoms with van der Waals surface area (Å²) in [4.78, 5) is 4.26. The molecule has 0 aromatic carbocycles. The number of imidazole rings is 1. The van der Waals surface area contributed by atoms with Gasteiger partial charge in [0, 0.05) is 25.2 Å². The Balaban J connectivity index is 2.02. The molecule has 1 rings (SSSR count). The van der Waals surface area contributed by atoms with Gasteiger partial charge >= 0.3 is 0 Å². The predicted molar refractivity (Wildman–Crippen MR) is 66.3 cm³/mol. The number of aryl methyl sites for hydroxylation is 1. The molecule has 0 radical (unpaired) electrons. The molecule has 0 saturated carbocycles. The van der Waals surface area contributed by atoms with E-state index < -0.39 is 0 Å². The van der Waals surface area contributed by atoms with E-state index in [1.165, 1.54) is 31.4 Å². The fraction of sp³-hybridized carbons (Fsp3) is 0.700. The van der Waals surface area contributed by atoms with Gasteiger partial charge in [-0.15, -0.1) is 0 Å². The lowest BCUT2D eigenvalue weighted by Crippen LogP contribution is -1.90. The van der Waals surface area contributed by atoms with E-state index in [1.807, 2.05) is 31.2 Å². The van der Waals surface area contributed by atoms with Gasteiger partial charge in [-0.25, -0.2) is 4.98 Å². The lowest BCUT2D eigenvalue weighted by Gasteiger charge is -2.01. The topological polar surface area (TPSA) is 17.8 Å². The van der Waals surface area contributed by atoms with Gasteiger partial charge in [0.25, 0.3) is 0 Å². The Bertz CT molecular complexity index is 248. The van der Waals surface area contributed by atoms with Crippen LogP contribution >= 0.6 is 24.4 Å². The number of aromatic nitrogens is 2. The van der Waals surface area contributed by atoms with Gasteiger partial charge in [0.1, 0.15) is 0 Å². The van der Waals surface area contributed by atoms with Crippen molar-refractivity contribution in [2.24, 2.45) is 7.05 Å². The quantitative estimate of drug-likeness (QED) is 0.441. The molecule has 0 aliphatic carbocycles. The molecule has 1 aromatic heterocycles. The van der Waals surface area contributed by atoms with E-state index in [2.05, 4.69) is 22.2 Å². The van der Waals surface area contributed by atoms with E-state index in [-0.39, 0.29) is 0 Å². The zero-order valence-corrected chi connectivity index (χ0v) is 10.4. The zero-order valence-electron chi connectivity index (χ0n) is 8.65. The molecular weight excluding hydrogens is 212 g/mol. The number of rotatable bonds is 7. The van der Waals surface area contributed by atoms with Crippen LogP contribution < -0.4 is 0 Å². The molecule has 0 aliphatic heterocycles. The molecule has 0 spiro atoms. The van der Waals surface area contributed by atoms with Gasteiger partial charge in [-0.3, -0.25) is 0 Å². The smallest absolute Gasteiger partial charge is 0.167 e. The second kappa shape index (κ2) is 7.23. The maximum atomic E-state index is 4.26. The maximum absolute atomic E-state index is 4.26. The minimum absolute atomic E-state index is 1.02. The molecule has 0 saturated heterocycles. The number of hydrogen-bond acceptors (Lipinski definition) is 3. The van der Waals surface area contributed by atoms with Crippen molar-refractivity contribution in [3.63, 3.8) is 0 Å². The molecule has 2 nitrogen and oxygen atoms in total. The van der Waals surface area contributed by atoms with Crippen LogP contribution in [0.15, 0.2) is 17.6 Å². The van der Waals surface area contributed by atoms with Gasteiger partial charge in [0.15, 0.2) is 5.16 Å². The summed E-state index contributed by atoms with van der Waals surface area (Å²) in [6.45, 7) is 0. The van der Waals surface area contributed by atoms with Crippen LogP contribution in [0.25, 0.3) is 0 Å². The van der Waals surface area contributed by atoms with E-state index in [4.69, 9.17) is 0 Å². The molecule has 0 amide bonds. The first kappa shape index (κ1) is 12.0. The van der Waals surface area contributed by atoms with E-state index in [9.17, 15) is 0 Å². The second-order valence-corrected chi connectivity index (χ2v) is 4.82. The van der Waals surface area contributed by atoms with E-state index in [0.717, 1.165) is 10.9 Å². The molecule has 0 atom stereocenters. The summed E-state index contributed by atoms with van der Waals surface area (Å²) in [5.74, 6) is 2.20. The summed E-state index contributed by atoms with van der Waals surface area (Å²) >= 11 is 6.03. The van der Waals surface area contributed by atoms with Gasteiger partial charge in [-0.2, -0.15) is 12.6 Å². The molecule has 0 unspecified atom stereocenters. The predicted octanol–water partition coefficient (Wildman–Crippen LogP) is 3.00. The second-order valence-electron chi connectivity index (χ2n) is 3.31. The average molecular weight is 230 g/mol. The molecule has 0 N–H and O–H groups in total. The highest BCUT2D eigenvalue weighted by Crippen LogP contribution is 2.16. The highest BCUT2D eigenvalue weighted by molar-refractivity contribution is 7.99. The lowest BCUT2D eigenvalue weighted by molar-refractivity contribution is 0.709. The van der Waals surface area contributed by atoms with E-state index in [1.54, 1.807) is 0 Å². The van der Waals surface area contributed by atoms with Crippen LogP contribution in [0, 0.1) is 0 Å². The van der Waals surface area contributed by atoms with Crippen LogP contribution in [-0.2, 0) is 7.05 Å². The van der Waals surface area contributed by atoms with Crippen LogP contribution in [0.4, 0.5) is 0 Å². The van der Waals surface area contributed by atoms with Crippen molar-refractivity contribution in [3.8, 4) is 0 Å². The minimum Gasteiger partial charge on any atom is -0.329 e. The summed E-state index contributed by atoms with van der Waals surface area (Å²) in [6.07, 6.45) is 9.00. The SMILES string of the molecule is Cn1ccnc1SCCCCCCS. The van der Waals surface area contributed by atoms with Crippen LogP contribution in [0.5, 0.6) is 0 Å². The fourth-order valence-electron chi connectivity index (χ4n) is 1.22. The summed E-state index contributed by atoms with van der Waals surface area (Å²) in [7, 11) is 2.04. The Morgan fingerprint density at radius 3 is 2.79 bits per heavy atom. The first-order valence-electron chi connectivity index (χ1n) is 5.05. The monoisotopic (exact) mass is 230 g/mol. The minimum atomic E-state index is 1.02. The van der Waals surface area contributed by atoms with E-state index >= 15 is 0 Å². The number of nitrogens with zero attached hydrogens (tertiary/aromatic N) is 2. The summed E-state index contributed by atoms with van der Waals surface area (Å²) in [5.41, 5.74) is 0. The third-order valence-corrected chi connectivity index (χ3v) is 3.52. The molecular formula is C10H18N2S2. The third kappa shape index (κ3) is 4.42. The maximum Gasteiger partial charge on any atom is 0.167 e. The van der Waals surface area contributed by atoms with Gasteiger partial charge in [0.2, 0.25) is 0 Å². The Labute approximate surface area is 95.9 Å². The fourth-order valence-corrected chi connectivity index (χ4v) is 2.38. The van der Waals surface area contributed by atoms with E-state index in [0.29, 0.717) is 0 Å². The molecule has 14 heavy (non-hydrogen) atoms. The van der Waals surface area contributed by atoms with Crippen molar-refractivity contribution in [2.75, 3.05) is 11.5 Å². The first-order chi connectivity index (χ1) is 6.84. The molecule has 80 valence electrons. The Hall–Kier alpha value is -0.0900. The number of thioether (sulfide) groups is 1. The Kier molecular flexibility index (Phi) is 6.19. The molecule has 1 heterocycles. The van der Waals surface area contributed by atoms with Crippen LogP contribution in [0.1, 0.15) is 25.7 Å². The number of hydrogen-bond donors (Lipinski definition) is 1. The van der Waals surface area contributed by atoms with Crippen molar-refractivity contribution in [3.05, 3.63) is 12.4 Å². The summed E-state index contributed by atoms with van der Waals surface area (Å²) in [5, 5.41) is 1.12. The summed E-state index contributed by atoms with van der Waals surface area (Å²) < 4.78 is 2.07. The van der Waals surface area contributed by atoms with Crippen LogP contribution in [0.3, 0.4) is 0 Å². The van der Waals surface area contributed by atoms with Crippen molar-refractivity contribution in [1.29, 1.82) is 0 Å². The zero-order chi connectivity index (χ0) is 10.2. The van der Waals surface area contributed by atoms with Crippen LogP contribution in [-0.4, -0.2) is 21.1 Å². The first-order valence-corrected chi connectivity index (χ1v) is 6.67. The highest BCUT2D eigenvalue weighted by Gasteiger charge is 1.98.